The van der Waals surface area contributed by atoms with Crippen molar-refractivity contribution in [1.29, 1.82) is 0 Å². The molecule has 0 rings (SSSR count). The molecule has 2 nitrogen and oxygen atoms in total. The Morgan fingerprint density at radius 2 is 1.50 bits per heavy atom. The van der Waals surface area contributed by atoms with Gasteiger partial charge in [-0.2, -0.15) is 4.89 Å². The van der Waals surface area contributed by atoms with E-state index in [1.807, 2.05) is 0 Å². The molecule has 0 aromatic rings. The van der Waals surface area contributed by atoms with Gasteiger partial charge in [0.1, 0.15) is 0 Å². The fraction of sp³-hybridized carbons (Fsp3) is 1.00. The molecule has 0 fully saturated rings. The second-order valence-corrected chi connectivity index (χ2v) is 1.27. The molecule has 0 aromatic carbocycles. The van der Waals surface area contributed by atoms with Crippen LogP contribution >= 0.6 is 8.69 Å². The van der Waals surface area contributed by atoms with Crippen molar-refractivity contribution in [1.82, 2.24) is 0 Å². The van der Waals surface area contributed by atoms with Crippen LogP contribution in [0.5, 0.6) is 0 Å². The quantitative estimate of drug-likeness (QED) is 0.730. The molecule has 1 radical (unpaired) electrons. The maximum absolute atomic E-state index is 8.51. The fourth-order valence-electron chi connectivity index (χ4n) is 0. The summed E-state index contributed by atoms with van der Waals surface area (Å²) in [6.07, 6.45) is 2.64. The van der Waals surface area contributed by atoms with E-state index in [1.54, 1.807) is 0 Å². The first-order valence-corrected chi connectivity index (χ1v) is 3.20. The van der Waals surface area contributed by atoms with Gasteiger partial charge in [-0.15, -0.1) is 0 Å². The summed E-state index contributed by atoms with van der Waals surface area (Å²) in [6.45, 7) is 4.36. The van der Waals surface area contributed by atoms with Crippen LogP contribution in [0.3, 0.4) is 0 Å². The second kappa shape index (κ2) is 24.0. The SMILES string of the molecule is CCCC.O=[PH+]O.[La]. The Labute approximate surface area is 79.9 Å². The molecule has 0 aliphatic heterocycles. The number of rotatable bonds is 1. The third-order valence-electron chi connectivity index (χ3n) is 0.500. The predicted molar refractivity (Wildman–Crippen MR) is 31.8 cm³/mol. The van der Waals surface area contributed by atoms with Crippen molar-refractivity contribution in [2.75, 3.05) is 0 Å². The first-order valence-electron chi connectivity index (χ1n) is 2.34. The minimum atomic E-state index is -1.17. The van der Waals surface area contributed by atoms with E-state index in [0.717, 1.165) is 0 Å². The smallest absolute Gasteiger partial charge is 0.162 e. The van der Waals surface area contributed by atoms with Gasteiger partial charge in [-0.3, -0.25) is 0 Å². The van der Waals surface area contributed by atoms with E-state index in [2.05, 4.69) is 13.8 Å². The number of hydrogen-bond acceptors (Lipinski definition) is 1. The largest absolute Gasteiger partial charge is 0.491 e. The first-order chi connectivity index (χ1) is 3.33. The average molecular weight is 262 g/mol. The molecule has 47 valence electrons. The zero-order chi connectivity index (χ0) is 6.12. The van der Waals surface area contributed by atoms with Crippen molar-refractivity contribution in [3.63, 3.8) is 0 Å². The van der Waals surface area contributed by atoms with Crippen molar-refractivity contribution in [3.05, 3.63) is 0 Å². The van der Waals surface area contributed by atoms with Crippen molar-refractivity contribution in [3.8, 4) is 0 Å². The molecule has 0 heterocycles. The molecule has 4 heteroatoms. The van der Waals surface area contributed by atoms with Crippen LogP contribution in [0, 0.1) is 35.6 Å². The zero-order valence-electron chi connectivity index (χ0n) is 5.35. The van der Waals surface area contributed by atoms with E-state index in [-0.39, 0.29) is 35.6 Å². The Bertz CT molecular complexity index is 33.2. The van der Waals surface area contributed by atoms with E-state index in [1.165, 1.54) is 12.8 Å². The summed E-state index contributed by atoms with van der Waals surface area (Å²) >= 11 is 0. The third kappa shape index (κ3) is 55.8. The van der Waals surface area contributed by atoms with Crippen LogP contribution in [0.4, 0.5) is 0 Å². The Morgan fingerprint density at radius 3 is 1.50 bits per heavy atom. The molecule has 0 bridgehead atoms. The van der Waals surface area contributed by atoms with Crippen molar-refractivity contribution >= 4 is 8.69 Å². The van der Waals surface area contributed by atoms with Crippen molar-refractivity contribution < 1.29 is 45.1 Å². The Kier molecular flexibility index (Phi) is 48.4. The van der Waals surface area contributed by atoms with Crippen LogP contribution in [0.1, 0.15) is 26.7 Å². The van der Waals surface area contributed by atoms with E-state index in [9.17, 15) is 0 Å². The molecule has 0 aromatic heterocycles. The number of hydrogen-bond donors (Lipinski definition) is 1. The molecular formula is C4H12LaO2P+. The molecule has 0 spiro atoms. The predicted octanol–water partition coefficient (Wildman–Crippen LogP) is 1.72. The van der Waals surface area contributed by atoms with Gasteiger partial charge in [-0.05, 0) is 4.57 Å². The Balaban J connectivity index is -0.0000000575. The Morgan fingerprint density at radius 1 is 1.38 bits per heavy atom. The molecular weight excluding hydrogens is 250 g/mol. The van der Waals surface area contributed by atoms with Gasteiger partial charge >= 0.3 is 8.69 Å². The summed E-state index contributed by atoms with van der Waals surface area (Å²) in [5.41, 5.74) is 0. The first kappa shape index (κ1) is 16.1. The van der Waals surface area contributed by atoms with Gasteiger partial charge in [0.2, 0.25) is 0 Å². The van der Waals surface area contributed by atoms with Gasteiger partial charge in [0.25, 0.3) is 0 Å². The van der Waals surface area contributed by atoms with Crippen LogP contribution in [-0.4, -0.2) is 4.89 Å². The summed E-state index contributed by atoms with van der Waals surface area (Å²) in [5.74, 6) is 0. The normalized spacial score (nSPS) is 6.38. The van der Waals surface area contributed by atoms with Crippen LogP contribution in [-0.2, 0) is 4.57 Å². The summed E-state index contributed by atoms with van der Waals surface area (Å²) in [6, 6.07) is 0. The fourth-order valence-corrected chi connectivity index (χ4v) is 0. The summed E-state index contributed by atoms with van der Waals surface area (Å²) in [7, 11) is -1.17. The minimum Gasteiger partial charge on any atom is -0.162 e. The molecule has 0 amide bonds. The van der Waals surface area contributed by atoms with E-state index < -0.39 is 8.69 Å². The van der Waals surface area contributed by atoms with Gasteiger partial charge in [0.15, 0.2) is 0 Å². The van der Waals surface area contributed by atoms with Crippen molar-refractivity contribution in [2.24, 2.45) is 0 Å². The van der Waals surface area contributed by atoms with Crippen LogP contribution < -0.4 is 0 Å². The van der Waals surface area contributed by atoms with Gasteiger partial charge < -0.3 is 0 Å². The van der Waals surface area contributed by atoms with Gasteiger partial charge in [-0.25, -0.2) is 0 Å². The monoisotopic (exact) mass is 262 g/mol. The molecule has 0 aliphatic carbocycles. The standard InChI is InChI=1S/C4H10.La.HO2P/c1-3-4-2;;1-3-2/h3-4H2,1-2H3;;3H/p+1. The van der Waals surface area contributed by atoms with E-state index in [4.69, 9.17) is 9.46 Å². The molecule has 8 heavy (non-hydrogen) atoms. The Hall–Kier alpha value is 1.25. The third-order valence-corrected chi connectivity index (χ3v) is 0.500. The molecule has 1 atom stereocenters. The topological polar surface area (TPSA) is 37.3 Å². The zero-order valence-corrected chi connectivity index (χ0v) is 9.97. The summed E-state index contributed by atoms with van der Waals surface area (Å²) in [5, 5.41) is 0. The second-order valence-electron chi connectivity index (χ2n) is 1.09. The minimum absolute atomic E-state index is 0. The molecule has 1 N–H and O–H groups in total. The molecule has 1 unspecified atom stereocenters. The van der Waals surface area contributed by atoms with Gasteiger partial charge in [-0.1, -0.05) is 26.7 Å². The van der Waals surface area contributed by atoms with Crippen LogP contribution in [0.25, 0.3) is 0 Å². The maximum atomic E-state index is 8.51. The van der Waals surface area contributed by atoms with E-state index >= 15 is 0 Å². The average Bonchev–Trinajstić information content (AvgIpc) is 1.69. The maximum Gasteiger partial charge on any atom is 0.491 e. The van der Waals surface area contributed by atoms with Crippen LogP contribution in [0.15, 0.2) is 0 Å². The van der Waals surface area contributed by atoms with Gasteiger partial charge in [0, 0.05) is 35.6 Å². The molecule has 0 aliphatic rings. The van der Waals surface area contributed by atoms with Gasteiger partial charge in [0.05, 0.1) is 0 Å². The molecule has 0 saturated carbocycles. The van der Waals surface area contributed by atoms with Crippen LogP contribution in [0.2, 0.25) is 0 Å². The van der Waals surface area contributed by atoms with Crippen molar-refractivity contribution in [2.45, 2.75) is 26.7 Å². The summed E-state index contributed by atoms with van der Waals surface area (Å²) < 4.78 is 8.51. The van der Waals surface area contributed by atoms with E-state index in [0.29, 0.717) is 0 Å². The summed E-state index contributed by atoms with van der Waals surface area (Å²) in [4.78, 5) is 7.04. The number of unbranched alkanes of at least 4 members (excludes halogenated alkanes) is 1. The molecule has 0 saturated heterocycles.